The van der Waals surface area contributed by atoms with Gasteiger partial charge in [0, 0.05) is 12.1 Å². The number of hydrogen-bond acceptors (Lipinski definition) is 3. The van der Waals surface area contributed by atoms with Crippen molar-refractivity contribution < 1.29 is 18.3 Å². The van der Waals surface area contributed by atoms with Gasteiger partial charge in [-0.1, -0.05) is 25.0 Å². The molecule has 2 aliphatic rings. The van der Waals surface area contributed by atoms with Crippen LogP contribution in [0.25, 0.3) is 0 Å². The standard InChI is InChI=1S/C15H19F2NO2/c16-14(17)20-12-5-3-11(4-6-12)13-9-18-15(10-19-13)7-1-2-8-15/h3-6,13-14,18H,1-2,7-10H2. The third-order valence-corrected chi connectivity index (χ3v) is 4.26. The molecular weight excluding hydrogens is 264 g/mol. The average molecular weight is 283 g/mol. The van der Waals surface area contributed by atoms with E-state index in [2.05, 4.69) is 10.1 Å². The Kier molecular flexibility index (Phi) is 3.89. The number of benzene rings is 1. The molecule has 1 aliphatic carbocycles. The minimum absolute atomic E-state index is 0.0122. The van der Waals surface area contributed by atoms with Crippen LogP contribution in [0.1, 0.15) is 37.4 Å². The monoisotopic (exact) mass is 283 g/mol. The molecule has 1 aromatic carbocycles. The smallest absolute Gasteiger partial charge is 0.387 e. The molecule has 2 fully saturated rings. The van der Waals surface area contributed by atoms with Gasteiger partial charge in [-0.05, 0) is 30.5 Å². The van der Waals surface area contributed by atoms with E-state index in [1.807, 2.05) is 0 Å². The molecule has 20 heavy (non-hydrogen) atoms. The average Bonchev–Trinajstić information content (AvgIpc) is 2.89. The number of alkyl halides is 2. The van der Waals surface area contributed by atoms with Crippen molar-refractivity contribution in [1.82, 2.24) is 5.32 Å². The zero-order valence-electron chi connectivity index (χ0n) is 11.3. The number of nitrogens with one attached hydrogen (secondary N) is 1. The minimum atomic E-state index is -2.78. The van der Waals surface area contributed by atoms with E-state index in [0.29, 0.717) is 0 Å². The molecule has 0 radical (unpaired) electrons. The highest BCUT2D eigenvalue weighted by molar-refractivity contribution is 5.29. The van der Waals surface area contributed by atoms with Crippen molar-refractivity contribution in [3.05, 3.63) is 29.8 Å². The first kappa shape index (κ1) is 13.8. The quantitative estimate of drug-likeness (QED) is 0.923. The van der Waals surface area contributed by atoms with E-state index in [1.165, 1.54) is 25.7 Å². The summed E-state index contributed by atoms with van der Waals surface area (Å²) in [4.78, 5) is 0. The summed E-state index contributed by atoms with van der Waals surface area (Å²) in [5, 5.41) is 3.61. The third-order valence-electron chi connectivity index (χ3n) is 4.26. The lowest BCUT2D eigenvalue weighted by Crippen LogP contribution is -2.53. The first-order chi connectivity index (χ1) is 9.67. The van der Waals surface area contributed by atoms with Gasteiger partial charge < -0.3 is 14.8 Å². The molecule has 1 N–H and O–H groups in total. The Bertz CT molecular complexity index is 434. The molecule has 0 aromatic heterocycles. The lowest BCUT2D eigenvalue weighted by atomic mass is 9.95. The van der Waals surface area contributed by atoms with Crippen LogP contribution in [-0.4, -0.2) is 25.3 Å². The van der Waals surface area contributed by atoms with Crippen LogP contribution in [0, 0.1) is 0 Å². The van der Waals surface area contributed by atoms with Crippen molar-refractivity contribution in [2.24, 2.45) is 0 Å². The van der Waals surface area contributed by atoms with Crippen molar-refractivity contribution in [2.75, 3.05) is 13.2 Å². The maximum absolute atomic E-state index is 12.1. The largest absolute Gasteiger partial charge is 0.435 e. The lowest BCUT2D eigenvalue weighted by molar-refractivity contribution is -0.0500. The zero-order valence-corrected chi connectivity index (χ0v) is 11.3. The van der Waals surface area contributed by atoms with Crippen molar-refractivity contribution in [3.8, 4) is 5.75 Å². The number of halogens is 2. The molecule has 5 heteroatoms. The molecular formula is C15H19F2NO2. The van der Waals surface area contributed by atoms with Gasteiger partial charge in [0.05, 0.1) is 12.7 Å². The predicted octanol–water partition coefficient (Wildman–Crippen LogP) is 3.26. The minimum Gasteiger partial charge on any atom is -0.435 e. The highest BCUT2D eigenvalue weighted by Crippen LogP contribution is 2.35. The second-order valence-electron chi connectivity index (χ2n) is 5.62. The molecule has 110 valence electrons. The summed E-state index contributed by atoms with van der Waals surface area (Å²) in [7, 11) is 0. The van der Waals surface area contributed by atoms with E-state index in [1.54, 1.807) is 24.3 Å². The van der Waals surface area contributed by atoms with E-state index in [9.17, 15) is 8.78 Å². The van der Waals surface area contributed by atoms with Gasteiger partial charge >= 0.3 is 6.61 Å². The maximum Gasteiger partial charge on any atom is 0.387 e. The van der Waals surface area contributed by atoms with Gasteiger partial charge in [0.15, 0.2) is 0 Å². The van der Waals surface area contributed by atoms with E-state index in [4.69, 9.17) is 4.74 Å². The Morgan fingerprint density at radius 3 is 2.45 bits per heavy atom. The normalized spacial score (nSPS) is 25.2. The fourth-order valence-electron chi connectivity index (χ4n) is 3.13. The molecule has 0 bridgehead atoms. The molecule has 1 spiro atoms. The summed E-state index contributed by atoms with van der Waals surface area (Å²) in [5.74, 6) is 0.180. The molecule has 3 nitrogen and oxygen atoms in total. The third kappa shape index (κ3) is 2.94. The Morgan fingerprint density at radius 2 is 1.90 bits per heavy atom. The number of hydrogen-bond donors (Lipinski definition) is 1. The first-order valence-electron chi connectivity index (χ1n) is 7.08. The molecule has 1 saturated carbocycles. The Hall–Kier alpha value is -1.20. The highest BCUT2D eigenvalue weighted by atomic mass is 19.3. The molecule has 1 unspecified atom stereocenters. The van der Waals surface area contributed by atoms with Crippen molar-refractivity contribution in [1.29, 1.82) is 0 Å². The van der Waals surface area contributed by atoms with Crippen molar-refractivity contribution in [3.63, 3.8) is 0 Å². The number of rotatable bonds is 3. The molecule has 1 heterocycles. The van der Waals surface area contributed by atoms with Crippen LogP contribution in [-0.2, 0) is 4.74 Å². The van der Waals surface area contributed by atoms with Crippen LogP contribution in [0.5, 0.6) is 5.75 Å². The topological polar surface area (TPSA) is 30.5 Å². The lowest BCUT2D eigenvalue weighted by Gasteiger charge is -2.38. The van der Waals surface area contributed by atoms with E-state index in [-0.39, 0.29) is 17.4 Å². The van der Waals surface area contributed by atoms with Crippen LogP contribution in [0.4, 0.5) is 8.78 Å². The van der Waals surface area contributed by atoms with Crippen molar-refractivity contribution >= 4 is 0 Å². The number of morpholine rings is 1. The van der Waals surface area contributed by atoms with Crippen molar-refractivity contribution in [2.45, 2.75) is 43.9 Å². The van der Waals surface area contributed by atoms with E-state index in [0.717, 1.165) is 18.7 Å². The van der Waals surface area contributed by atoms with Gasteiger partial charge in [-0.2, -0.15) is 8.78 Å². The Labute approximate surface area is 117 Å². The van der Waals surface area contributed by atoms with E-state index >= 15 is 0 Å². The summed E-state index contributed by atoms with van der Waals surface area (Å²) in [6.45, 7) is -1.28. The summed E-state index contributed by atoms with van der Waals surface area (Å²) in [6.07, 6.45) is 4.88. The van der Waals surface area contributed by atoms with Crippen LogP contribution in [0.15, 0.2) is 24.3 Å². The molecule has 3 rings (SSSR count). The van der Waals surface area contributed by atoms with Gasteiger partial charge in [-0.3, -0.25) is 0 Å². The van der Waals surface area contributed by atoms with Gasteiger partial charge in [-0.25, -0.2) is 0 Å². The Balaban J connectivity index is 1.60. The van der Waals surface area contributed by atoms with Crippen LogP contribution < -0.4 is 10.1 Å². The van der Waals surface area contributed by atoms with Crippen LogP contribution >= 0.6 is 0 Å². The van der Waals surface area contributed by atoms with Gasteiger partial charge in [0.2, 0.25) is 0 Å². The SMILES string of the molecule is FC(F)Oc1ccc(C2CNC3(CCCC3)CO2)cc1. The molecule has 1 aliphatic heterocycles. The van der Waals surface area contributed by atoms with Crippen LogP contribution in [0.3, 0.4) is 0 Å². The second kappa shape index (κ2) is 5.66. The predicted molar refractivity (Wildman–Crippen MR) is 71.0 cm³/mol. The number of ether oxygens (including phenoxy) is 2. The summed E-state index contributed by atoms with van der Waals surface area (Å²) in [6, 6.07) is 6.70. The molecule has 1 saturated heterocycles. The van der Waals surface area contributed by atoms with E-state index < -0.39 is 6.61 Å². The summed E-state index contributed by atoms with van der Waals surface area (Å²) < 4.78 is 34.5. The fraction of sp³-hybridized carbons (Fsp3) is 0.600. The fourth-order valence-corrected chi connectivity index (χ4v) is 3.13. The highest BCUT2D eigenvalue weighted by Gasteiger charge is 2.38. The van der Waals surface area contributed by atoms with Gasteiger partial charge in [-0.15, -0.1) is 0 Å². The second-order valence-corrected chi connectivity index (χ2v) is 5.62. The molecule has 1 aromatic rings. The zero-order chi connectivity index (χ0) is 14.0. The summed E-state index contributed by atoms with van der Waals surface area (Å²) in [5.41, 5.74) is 1.17. The van der Waals surface area contributed by atoms with Crippen LogP contribution in [0.2, 0.25) is 0 Å². The summed E-state index contributed by atoms with van der Waals surface area (Å²) >= 11 is 0. The maximum atomic E-state index is 12.1. The van der Waals surface area contributed by atoms with Gasteiger partial charge in [0.25, 0.3) is 0 Å². The molecule has 1 atom stereocenters. The first-order valence-corrected chi connectivity index (χ1v) is 7.08. The van der Waals surface area contributed by atoms with Gasteiger partial charge in [0.1, 0.15) is 5.75 Å². The molecule has 0 amide bonds. The Morgan fingerprint density at radius 1 is 1.20 bits per heavy atom.